The lowest BCUT2D eigenvalue weighted by Crippen LogP contribution is -2.31. The van der Waals surface area contributed by atoms with Gasteiger partial charge in [0, 0.05) is 12.6 Å². The van der Waals surface area contributed by atoms with Crippen molar-refractivity contribution >= 4 is 11.6 Å². The number of ether oxygens (including phenoxy) is 1. The summed E-state index contributed by atoms with van der Waals surface area (Å²) >= 11 is 6.15. The van der Waals surface area contributed by atoms with Crippen LogP contribution in [-0.4, -0.2) is 19.7 Å². The van der Waals surface area contributed by atoms with Crippen molar-refractivity contribution in [2.75, 3.05) is 13.7 Å². The minimum atomic E-state index is 0.328. The number of benzene rings is 1. The van der Waals surface area contributed by atoms with Gasteiger partial charge < -0.3 is 10.1 Å². The van der Waals surface area contributed by atoms with Gasteiger partial charge in [-0.2, -0.15) is 0 Å². The maximum Gasteiger partial charge on any atom is 0.137 e. The molecule has 1 saturated carbocycles. The van der Waals surface area contributed by atoms with Crippen molar-refractivity contribution in [3.8, 4) is 5.75 Å². The Kier molecular flexibility index (Phi) is 4.75. The molecule has 0 amide bonds. The highest BCUT2D eigenvalue weighted by atomic mass is 35.5. The third-order valence-corrected chi connectivity index (χ3v) is 4.05. The monoisotopic (exact) mass is 281 g/mol. The fraction of sp³-hybridized carbons (Fsp3) is 0.625. The highest BCUT2D eigenvalue weighted by Crippen LogP contribution is 2.28. The Labute approximate surface area is 121 Å². The molecule has 1 aromatic rings. The molecule has 0 saturated heterocycles. The van der Waals surface area contributed by atoms with Gasteiger partial charge in [-0.15, -0.1) is 0 Å². The first-order chi connectivity index (χ1) is 9.00. The van der Waals surface area contributed by atoms with Crippen LogP contribution in [0.4, 0.5) is 0 Å². The van der Waals surface area contributed by atoms with E-state index >= 15 is 0 Å². The van der Waals surface area contributed by atoms with E-state index in [0.29, 0.717) is 10.4 Å². The fourth-order valence-corrected chi connectivity index (χ4v) is 2.42. The van der Waals surface area contributed by atoms with E-state index in [-0.39, 0.29) is 0 Å². The molecule has 0 spiro atoms. The molecule has 0 bridgehead atoms. The maximum atomic E-state index is 6.15. The van der Waals surface area contributed by atoms with Crippen LogP contribution in [0.2, 0.25) is 5.02 Å². The number of nitrogens with one attached hydrogen (secondary N) is 1. The lowest BCUT2D eigenvalue weighted by Gasteiger charge is -2.25. The number of aryl methyl sites for hydroxylation is 1. The molecule has 0 radical (unpaired) electrons. The standard InChI is InChI=1S/C16H24ClNO/c1-16(2,11-18-13-5-6-13)9-8-12-4-7-15(19-3)14(17)10-12/h4,7,10,13,18H,5-6,8-9,11H2,1-3H3. The molecule has 0 aromatic heterocycles. The van der Waals surface area contributed by atoms with Crippen LogP contribution in [0.1, 0.15) is 38.7 Å². The lowest BCUT2D eigenvalue weighted by atomic mass is 9.86. The Morgan fingerprint density at radius 2 is 2.11 bits per heavy atom. The molecule has 0 heterocycles. The summed E-state index contributed by atoms with van der Waals surface area (Å²) in [6.07, 6.45) is 4.92. The summed E-state index contributed by atoms with van der Waals surface area (Å²) in [5.41, 5.74) is 1.61. The fourth-order valence-electron chi connectivity index (χ4n) is 2.14. The SMILES string of the molecule is COc1ccc(CCC(C)(C)CNC2CC2)cc1Cl. The second kappa shape index (κ2) is 6.15. The predicted octanol–water partition coefficient (Wildman–Crippen LogP) is 4.06. The number of methoxy groups -OCH3 is 1. The quantitative estimate of drug-likeness (QED) is 0.814. The van der Waals surface area contributed by atoms with Crippen molar-refractivity contribution < 1.29 is 4.74 Å². The second-order valence-electron chi connectivity index (χ2n) is 6.29. The van der Waals surface area contributed by atoms with Crippen LogP contribution >= 0.6 is 11.6 Å². The Hall–Kier alpha value is -0.730. The van der Waals surface area contributed by atoms with Crippen LogP contribution in [0, 0.1) is 5.41 Å². The van der Waals surface area contributed by atoms with Gasteiger partial charge in [0.15, 0.2) is 0 Å². The van der Waals surface area contributed by atoms with Crippen molar-refractivity contribution in [3.05, 3.63) is 28.8 Å². The second-order valence-corrected chi connectivity index (χ2v) is 6.70. The summed E-state index contributed by atoms with van der Waals surface area (Å²) in [6.45, 7) is 5.75. The highest BCUT2D eigenvalue weighted by Gasteiger charge is 2.25. The summed E-state index contributed by atoms with van der Waals surface area (Å²) in [5.74, 6) is 0.750. The van der Waals surface area contributed by atoms with Gasteiger partial charge in [0.2, 0.25) is 0 Å². The molecule has 2 rings (SSSR count). The van der Waals surface area contributed by atoms with Crippen molar-refractivity contribution in [3.63, 3.8) is 0 Å². The Morgan fingerprint density at radius 1 is 1.37 bits per heavy atom. The Balaban J connectivity index is 1.84. The summed E-state index contributed by atoms with van der Waals surface area (Å²) < 4.78 is 5.18. The molecule has 19 heavy (non-hydrogen) atoms. The molecule has 0 aliphatic heterocycles. The molecule has 2 nitrogen and oxygen atoms in total. The first kappa shape index (κ1) is 14.7. The van der Waals surface area contributed by atoms with E-state index in [4.69, 9.17) is 16.3 Å². The average Bonchev–Trinajstić information content (AvgIpc) is 3.18. The van der Waals surface area contributed by atoms with Crippen LogP contribution < -0.4 is 10.1 Å². The minimum Gasteiger partial charge on any atom is -0.495 e. The minimum absolute atomic E-state index is 0.328. The van der Waals surface area contributed by atoms with Gasteiger partial charge in [0.25, 0.3) is 0 Å². The van der Waals surface area contributed by atoms with Crippen LogP contribution in [0.15, 0.2) is 18.2 Å². The molecule has 3 heteroatoms. The van der Waals surface area contributed by atoms with E-state index in [1.165, 1.54) is 18.4 Å². The highest BCUT2D eigenvalue weighted by molar-refractivity contribution is 6.32. The number of halogens is 1. The van der Waals surface area contributed by atoms with Crippen LogP contribution in [0.5, 0.6) is 5.75 Å². The van der Waals surface area contributed by atoms with E-state index in [0.717, 1.165) is 31.2 Å². The Bertz CT molecular complexity index is 427. The van der Waals surface area contributed by atoms with Crippen LogP contribution in [0.25, 0.3) is 0 Å². The molecular formula is C16H24ClNO. The van der Waals surface area contributed by atoms with Gasteiger partial charge >= 0.3 is 0 Å². The zero-order valence-corrected chi connectivity index (χ0v) is 12.9. The van der Waals surface area contributed by atoms with E-state index in [9.17, 15) is 0 Å². The molecular weight excluding hydrogens is 258 g/mol. The molecule has 0 unspecified atom stereocenters. The summed E-state index contributed by atoms with van der Waals surface area (Å²) in [6, 6.07) is 6.86. The number of hydrogen-bond donors (Lipinski definition) is 1. The van der Waals surface area contributed by atoms with Gasteiger partial charge in [0.05, 0.1) is 12.1 Å². The first-order valence-corrected chi connectivity index (χ1v) is 7.44. The van der Waals surface area contributed by atoms with Gasteiger partial charge in [0.1, 0.15) is 5.75 Å². The van der Waals surface area contributed by atoms with E-state index in [1.807, 2.05) is 12.1 Å². The third kappa shape index (κ3) is 4.70. The van der Waals surface area contributed by atoms with Crippen LogP contribution in [0.3, 0.4) is 0 Å². The number of hydrogen-bond acceptors (Lipinski definition) is 2. The van der Waals surface area contributed by atoms with E-state index < -0.39 is 0 Å². The topological polar surface area (TPSA) is 21.3 Å². The third-order valence-electron chi connectivity index (χ3n) is 3.75. The van der Waals surface area contributed by atoms with Crippen molar-refractivity contribution in [1.82, 2.24) is 5.32 Å². The largest absolute Gasteiger partial charge is 0.495 e. The molecule has 106 valence electrons. The van der Waals surface area contributed by atoms with Crippen molar-refractivity contribution in [2.45, 2.75) is 45.6 Å². The van der Waals surface area contributed by atoms with Gasteiger partial charge in [-0.05, 0) is 48.8 Å². The summed E-state index contributed by atoms with van der Waals surface area (Å²) in [7, 11) is 1.65. The van der Waals surface area contributed by atoms with E-state index in [2.05, 4.69) is 25.2 Å². The zero-order chi connectivity index (χ0) is 13.9. The van der Waals surface area contributed by atoms with E-state index in [1.54, 1.807) is 7.11 Å². The van der Waals surface area contributed by atoms with Crippen LogP contribution in [-0.2, 0) is 6.42 Å². The molecule has 1 N–H and O–H groups in total. The maximum absolute atomic E-state index is 6.15. The van der Waals surface area contributed by atoms with Gasteiger partial charge in [-0.1, -0.05) is 31.5 Å². The van der Waals surface area contributed by atoms with Gasteiger partial charge in [-0.3, -0.25) is 0 Å². The van der Waals surface area contributed by atoms with Crippen molar-refractivity contribution in [2.24, 2.45) is 5.41 Å². The van der Waals surface area contributed by atoms with Gasteiger partial charge in [-0.25, -0.2) is 0 Å². The zero-order valence-electron chi connectivity index (χ0n) is 12.1. The number of rotatable bonds is 7. The Morgan fingerprint density at radius 3 is 2.68 bits per heavy atom. The first-order valence-electron chi connectivity index (χ1n) is 7.06. The molecule has 1 aliphatic carbocycles. The summed E-state index contributed by atoms with van der Waals surface area (Å²) in [4.78, 5) is 0. The molecule has 0 atom stereocenters. The molecule has 1 aliphatic rings. The smallest absolute Gasteiger partial charge is 0.137 e. The average molecular weight is 282 g/mol. The lowest BCUT2D eigenvalue weighted by molar-refractivity contribution is 0.313. The van der Waals surface area contributed by atoms with Crippen molar-refractivity contribution in [1.29, 1.82) is 0 Å². The molecule has 1 aromatic carbocycles. The molecule has 1 fully saturated rings. The normalized spacial score (nSPS) is 15.6. The predicted molar refractivity (Wildman–Crippen MR) is 81.1 cm³/mol. The summed E-state index contributed by atoms with van der Waals surface area (Å²) in [5, 5.41) is 4.32.